The number of halogens is 1. The summed E-state index contributed by atoms with van der Waals surface area (Å²) in [5.74, 6) is 0. The average Bonchev–Trinajstić information content (AvgIpc) is 1.94. The summed E-state index contributed by atoms with van der Waals surface area (Å²) in [6.45, 7) is 1.90. The van der Waals surface area contributed by atoms with Crippen molar-refractivity contribution in [2.75, 3.05) is 4.72 Å². The average molecular weight is 335 g/mol. The second-order valence-electron chi connectivity index (χ2n) is 2.52. The molecule has 0 heterocycles. The third kappa shape index (κ3) is 4.94. The number of nitrogens with one attached hydrogen (secondary N) is 1. The third-order valence-electron chi connectivity index (χ3n) is 1.41. The van der Waals surface area contributed by atoms with Gasteiger partial charge in [0.15, 0.2) is 10.3 Å². The summed E-state index contributed by atoms with van der Waals surface area (Å²) in [7, 11) is -4.41. The van der Waals surface area contributed by atoms with Gasteiger partial charge in [0.2, 0.25) is 0 Å². The molecule has 0 aliphatic rings. The van der Waals surface area contributed by atoms with Crippen LogP contribution in [0, 0.1) is 10.5 Å². The van der Waals surface area contributed by atoms with Gasteiger partial charge >= 0.3 is 29.6 Å². The van der Waals surface area contributed by atoms with Gasteiger partial charge in [0.25, 0.3) is 0 Å². The van der Waals surface area contributed by atoms with Crippen LogP contribution < -0.4 is 34.3 Å². The molecule has 0 atom stereocenters. The first-order valence-electron chi connectivity index (χ1n) is 3.38. The molecule has 1 rings (SSSR count). The largest absolute Gasteiger partial charge is 1.00 e. The van der Waals surface area contributed by atoms with Gasteiger partial charge < -0.3 is 4.55 Å². The summed E-state index contributed by atoms with van der Waals surface area (Å²) in [4.78, 5) is 0. The maximum atomic E-state index is 10.3. The van der Waals surface area contributed by atoms with Crippen molar-refractivity contribution in [1.29, 1.82) is 0 Å². The molecule has 1 aromatic carbocycles. The molecule has 1 aromatic rings. The molecule has 0 aromatic heterocycles. The van der Waals surface area contributed by atoms with E-state index in [-0.39, 0.29) is 29.6 Å². The fourth-order valence-electron chi connectivity index (χ4n) is 0.801. The summed E-state index contributed by atoms with van der Waals surface area (Å²) >= 11 is 2.06. The first-order valence-corrected chi connectivity index (χ1v) is 5.87. The van der Waals surface area contributed by atoms with E-state index in [9.17, 15) is 13.0 Å². The first kappa shape index (κ1) is 14.7. The molecule has 14 heavy (non-hydrogen) atoms. The Hall–Kier alpha value is 0.660. The number of anilines is 1. The van der Waals surface area contributed by atoms with Crippen molar-refractivity contribution < 1.29 is 42.5 Å². The van der Waals surface area contributed by atoms with Crippen LogP contribution in [-0.4, -0.2) is 13.0 Å². The van der Waals surface area contributed by atoms with E-state index in [2.05, 4.69) is 22.6 Å². The van der Waals surface area contributed by atoms with E-state index < -0.39 is 10.3 Å². The van der Waals surface area contributed by atoms with Gasteiger partial charge in [-0.1, -0.05) is 6.07 Å². The van der Waals surface area contributed by atoms with Gasteiger partial charge in [0.1, 0.15) is 0 Å². The van der Waals surface area contributed by atoms with Crippen molar-refractivity contribution in [2.45, 2.75) is 6.92 Å². The topological polar surface area (TPSA) is 69.2 Å². The Bertz CT molecular complexity index is 421. The fraction of sp³-hybridized carbons (Fsp3) is 0.143. The number of rotatable bonds is 2. The minimum Gasteiger partial charge on any atom is -0.731 e. The van der Waals surface area contributed by atoms with Gasteiger partial charge in [-0.15, -0.1) is 0 Å². The van der Waals surface area contributed by atoms with Crippen LogP contribution in [0.25, 0.3) is 0 Å². The van der Waals surface area contributed by atoms with Crippen molar-refractivity contribution in [3.8, 4) is 0 Å². The smallest absolute Gasteiger partial charge is 0.731 e. The number of aryl methyl sites for hydroxylation is 1. The predicted molar refractivity (Wildman–Crippen MR) is 57.2 cm³/mol. The quantitative estimate of drug-likeness (QED) is 0.405. The molecule has 0 amide bonds. The molecular weight excluding hydrogens is 328 g/mol. The van der Waals surface area contributed by atoms with Crippen LogP contribution in [0.3, 0.4) is 0 Å². The van der Waals surface area contributed by atoms with E-state index in [1.165, 1.54) is 0 Å². The van der Waals surface area contributed by atoms with Crippen LogP contribution in [0.5, 0.6) is 0 Å². The van der Waals surface area contributed by atoms with E-state index in [0.29, 0.717) is 5.69 Å². The Labute approximate surface area is 119 Å². The van der Waals surface area contributed by atoms with Crippen molar-refractivity contribution in [3.05, 3.63) is 27.3 Å². The van der Waals surface area contributed by atoms with Crippen molar-refractivity contribution in [2.24, 2.45) is 0 Å². The molecule has 0 aliphatic heterocycles. The third-order valence-corrected chi connectivity index (χ3v) is 3.06. The number of hydrogen-bond acceptors (Lipinski definition) is 3. The summed E-state index contributed by atoms with van der Waals surface area (Å²) in [6.07, 6.45) is 0. The zero-order valence-electron chi connectivity index (χ0n) is 7.74. The van der Waals surface area contributed by atoms with Crippen LogP contribution in [-0.2, 0) is 10.3 Å². The second kappa shape index (κ2) is 5.66. The van der Waals surface area contributed by atoms with Gasteiger partial charge in [-0.2, -0.15) is 0 Å². The Balaban J connectivity index is 0.00000169. The predicted octanol–water partition coefficient (Wildman–Crippen LogP) is -1.52. The Morgan fingerprint density at radius 1 is 1.43 bits per heavy atom. The number of benzene rings is 1. The Morgan fingerprint density at radius 2 is 2.00 bits per heavy atom. The minimum absolute atomic E-state index is 0. The zero-order chi connectivity index (χ0) is 10.1. The van der Waals surface area contributed by atoms with Crippen LogP contribution >= 0.6 is 22.6 Å². The molecule has 0 bridgehead atoms. The molecule has 72 valence electrons. The van der Waals surface area contributed by atoms with E-state index in [4.69, 9.17) is 0 Å². The van der Waals surface area contributed by atoms with E-state index in [1.54, 1.807) is 18.2 Å². The maximum absolute atomic E-state index is 10.3. The minimum atomic E-state index is -4.41. The second-order valence-corrected chi connectivity index (χ2v) is 4.79. The van der Waals surface area contributed by atoms with Gasteiger partial charge in [0.05, 0.1) is 0 Å². The van der Waals surface area contributed by atoms with Gasteiger partial charge in [-0.3, -0.25) is 4.72 Å². The van der Waals surface area contributed by atoms with Crippen LogP contribution in [0.2, 0.25) is 0 Å². The standard InChI is InChI=1S/C7H8INO3S.Na/c1-5-2-3-6(4-7(5)8)9-13(10,11)12;/h2-4,9H,1H3,(H,10,11,12);/q;+1/p-1. The van der Waals surface area contributed by atoms with E-state index in [1.807, 2.05) is 11.6 Å². The van der Waals surface area contributed by atoms with Crippen molar-refractivity contribution in [3.63, 3.8) is 0 Å². The molecule has 0 radical (unpaired) electrons. The maximum Gasteiger partial charge on any atom is 1.00 e. The summed E-state index contributed by atoms with van der Waals surface area (Å²) in [6, 6.07) is 4.90. The fourth-order valence-corrected chi connectivity index (χ4v) is 1.73. The summed E-state index contributed by atoms with van der Waals surface area (Å²) < 4.78 is 33.8. The molecule has 0 saturated heterocycles. The van der Waals surface area contributed by atoms with Crippen LogP contribution in [0.1, 0.15) is 5.56 Å². The van der Waals surface area contributed by atoms with E-state index >= 15 is 0 Å². The van der Waals surface area contributed by atoms with Gasteiger partial charge in [-0.25, -0.2) is 8.42 Å². The summed E-state index contributed by atoms with van der Waals surface area (Å²) in [5.41, 5.74) is 1.33. The zero-order valence-corrected chi connectivity index (χ0v) is 12.7. The normalized spacial score (nSPS) is 10.5. The van der Waals surface area contributed by atoms with Crippen LogP contribution in [0.15, 0.2) is 18.2 Å². The molecule has 7 heteroatoms. The summed E-state index contributed by atoms with van der Waals surface area (Å²) in [5, 5.41) is 0. The SMILES string of the molecule is Cc1ccc(NS(=O)(=O)[O-])cc1I.[Na+]. The molecule has 0 saturated carbocycles. The van der Waals surface area contributed by atoms with Crippen molar-refractivity contribution in [1.82, 2.24) is 0 Å². The van der Waals surface area contributed by atoms with E-state index in [0.717, 1.165) is 9.13 Å². The molecule has 0 spiro atoms. The molecule has 0 fully saturated rings. The first-order chi connectivity index (χ1) is 5.88. The molecular formula is C7H7INNaO3S. The molecule has 0 aliphatic carbocycles. The van der Waals surface area contributed by atoms with Gasteiger partial charge in [-0.05, 0) is 47.2 Å². The molecule has 0 unspecified atom stereocenters. The number of hydrogen-bond donors (Lipinski definition) is 1. The van der Waals surface area contributed by atoms with Crippen LogP contribution in [0.4, 0.5) is 5.69 Å². The van der Waals surface area contributed by atoms with Crippen molar-refractivity contribution >= 4 is 38.6 Å². The Kier molecular flexibility index (Phi) is 5.93. The molecule has 1 N–H and O–H groups in total. The van der Waals surface area contributed by atoms with Gasteiger partial charge in [0, 0.05) is 9.26 Å². The molecule has 4 nitrogen and oxygen atoms in total. The Morgan fingerprint density at radius 3 is 2.43 bits per heavy atom. The monoisotopic (exact) mass is 335 g/mol.